The van der Waals surface area contributed by atoms with Gasteiger partial charge in [0.1, 0.15) is 0 Å². The number of sulfonamides is 1. The lowest BCUT2D eigenvalue weighted by atomic mass is 9.98. The summed E-state index contributed by atoms with van der Waals surface area (Å²) in [5, 5.41) is 0. The summed E-state index contributed by atoms with van der Waals surface area (Å²) in [6.07, 6.45) is 1.57. The van der Waals surface area contributed by atoms with Gasteiger partial charge in [0, 0.05) is 38.2 Å². The fourth-order valence-electron chi connectivity index (χ4n) is 3.40. The fourth-order valence-corrected chi connectivity index (χ4v) is 4.92. The van der Waals surface area contributed by atoms with Crippen LogP contribution in [0.25, 0.3) is 0 Å². The molecule has 0 bridgehead atoms. The van der Waals surface area contributed by atoms with Gasteiger partial charge in [0.2, 0.25) is 21.8 Å². The van der Waals surface area contributed by atoms with Gasteiger partial charge in [0.15, 0.2) is 0 Å². The number of nitrogens with two attached hydrogens (primary N) is 1. The van der Waals surface area contributed by atoms with Crippen LogP contribution in [0.1, 0.15) is 25.3 Å². The molecular weight excluding hydrogens is 330 g/mol. The Hall–Kier alpha value is -1.93. The summed E-state index contributed by atoms with van der Waals surface area (Å²) in [7, 11) is -3.59. The van der Waals surface area contributed by atoms with E-state index in [9.17, 15) is 18.0 Å². The van der Waals surface area contributed by atoms with Crippen LogP contribution in [0.15, 0.2) is 23.1 Å². The fraction of sp³-hybridized carbons (Fsp3) is 0.500. The number of primary amides is 1. The predicted octanol–water partition coefficient (Wildman–Crippen LogP) is 0.482. The van der Waals surface area contributed by atoms with Gasteiger partial charge in [-0.3, -0.25) is 9.59 Å². The van der Waals surface area contributed by atoms with Gasteiger partial charge in [-0.1, -0.05) is 0 Å². The van der Waals surface area contributed by atoms with Crippen LogP contribution in [0.4, 0.5) is 5.69 Å². The quantitative estimate of drug-likeness (QED) is 0.856. The molecule has 7 nitrogen and oxygen atoms in total. The molecule has 1 aromatic carbocycles. The molecule has 0 unspecified atom stereocenters. The number of carbonyl (C=O) groups excluding carboxylic acids is 2. The first kappa shape index (κ1) is 16.9. The Balaban J connectivity index is 1.82. The Bertz CT molecular complexity index is 783. The summed E-state index contributed by atoms with van der Waals surface area (Å²) < 4.78 is 27.0. The Morgan fingerprint density at radius 3 is 2.42 bits per heavy atom. The van der Waals surface area contributed by atoms with Crippen molar-refractivity contribution in [2.75, 3.05) is 24.5 Å². The van der Waals surface area contributed by atoms with E-state index in [1.807, 2.05) is 0 Å². The molecule has 2 aliphatic rings. The summed E-state index contributed by atoms with van der Waals surface area (Å²) in [5.74, 6) is -0.660. The van der Waals surface area contributed by atoms with Crippen LogP contribution in [0.2, 0.25) is 0 Å². The van der Waals surface area contributed by atoms with Gasteiger partial charge in [-0.2, -0.15) is 4.31 Å². The molecule has 1 saturated heterocycles. The molecule has 0 saturated carbocycles. The van der Waals surface area contributed by atoms with E-state index < -0.39 is 10.0 Å². The van der Waals surface area contributed by atoms with Crippen LogP contribution in [0, 0.1) is 5.92 Å². The van der Waals surface area contributed by atoms with Crippen molar-refractivity contribution >= 4 is 27.5 Å². The highest BCUT2D eigenvalue weighted by Crippen LogP contribution is 2.32. The van der Waals surface area contributed by atoms with Crippen molar-refractivity contribution in [3.63, 3.8) is 0 Å². The maximum atomic E-state index is 12.8. The maximum absolute atomic E-state index is 12.8. The van der Waals surface area contributed by atoms with Crippen LogP contribution >= 0.6 is 0 Å². The zero-order chi connectivity index (χ0) is 17.5. The predicted molar refractivity (Wildman–Crippen MR) is 88.9 cm³/mol. The number of hydrogen-bond donors (Lipinski definition) is 1. The zero-order valence-electron chi connectivity index (χ0n) is 13.6. The molecule has 24 heavy (non-hydrogen) atoms. The summed E-state index contributed by atoms with van der Waals surface area (Å²) in [4.78, 5) is 24.7. The van der Waals surface area contributed by atoms with Crippen LogP contribution in [0.5, 0.6) is 0 Å². The zero-order valence-corrected chi connectivity index (χ0v) is 14.4. The smallest absolute Gasteiger partial charge is 0.243 e. The molecule has 3 rings (SSSR count). The number of fused-ring (bicyclic) bond motifs is 1. The topological polar surface area (TPSA) is 101 Å². The number of hydrogen-bond acceptors (Lipinski definition) is 4. The second-order valence-electron chi connectivity index (χ2n) is 6.29. The van der Waals surface area contributed by atoms with E-state index in [2.05, 4.69) is 0 Å². The van der Waals surface area contributed by atoms with Crippen molar-refractivity contribution in [2.24, 2.45) is 11.7 Å². The van der Waals surface area contributed by atoms with Gasteiger partial charge in [-0.25, -0.2) is 8.42 Å². The number of carbonyl (C=O) groups is 2. The highest BCUT2D eigenvalue weighted by Gasteiger charge is 2.32. The standard InChI is InChI=1S/C16H21N3O4S/c1-11(20)19-9-6-13-10-14(2-3-15(13)19)24(22,23)18-7-4-12(5-8-18)16(17)21/h2-3,10,12H,4-9H2,1H3,(H2,17,21). The molecule has 130 valence electrons. The third-order valence-corrected chi connectivity index (χ3v) is 6.72. The normalized spacial score (nSPS) is 19.3. The average Bonchev–Trinajstić information content (AvgIpc) is 2.98. The number of amides is 2. The lowest BCUT2D eigenvalue weighted by molar-refractivity contribution is -0.122. The molecule has 0 atom stereocenters. The highest BCUT2D eigenvalue weighted by atomic mass is 32.2. The molecule has 2 heterocycles. The largest absolute Gasteiger partial charge is 0.369 e. The van der Waals surface area contributed by atoms with Crippen LogP contribution in [0.3, 0.4) is 0 Å². The first-order valence-corrected chi connectivity index (χ1v) is 9.45. The van der Waals surface area contributed by atoms with Gasteiger partial charge in [-0.15, -0.1) is 0 Å². The van der Waals surface area contributed by atoms with Crippen LogP contribution in [-0.4, -0.2) is 44.2 Å². The molecule has 0 radical (unpaired) electrons. The number of anilines is 1. The first-order chi connectivity index (χ1) is 11.3. The number of nitrogens with zero attached hydrogens (tertiary/aromatic N) is 2. The summed E-state index contributed by atoms with van der Waals surface area (Å²) >= 11 is 0. The molecule has 0 aliphatic carbocycles. The molecule has 0 aromatic heterocycles. The average molecular weight is 351 g/mol. The number of piperidine rings is 1. The summed E-state index contributed by atoms with van der Waals surface area (Å²) in [5.41, 5.74) is 6.95. The van der Waals surface area contributed by atoms with E-state index in [0.717, 1.165) is 11.3 Å². The van der Waals surface area contributed by atoms with E-state index in [4.69, 9.17) is 5.73 Å². The molecule has 2 amide bonds. The molecule has 1 fully saturated rings. The van der Waals surface area contributed by atoms with E-state index in [1.165, 1.54) is 11.2 Å². The molecule has 1 aromatic rings. The van der Waals surface area contributed by atoms with Crippen molar-refractivity contribution < 1.29 is 18.0 Å². The second-order valence-corrected chi connectivity index (χ2v) is 8.23. The Morgan fingerprint density at radius 2 is 1.83 bits per heavy atom. The van der Waals surface area contributed by atoms with Crippen molar-refractivity contribution in [1.29, 1.82) is 0 Å². The van der Waals surface area contributed by atoms with Gasteiger partial charge in [0.05, 0.1) is 4.90 Å². The van der Waals surface area contributed by atoms with Crippen molar-refractivity contribution in [1.82, 2.24) is 4.31 Å². The lowest BCUT2D eigenvalue weighted by Gasteiger charge is -2.29. The molecule has 2 aliphatic heterocycles. The first-order valence-electron chi connectivity index (χ1n) is 8.01. The SMILES string of the molecule is CC(=O)N1CCc2cc(S(=O)(=O)N3CCC(C(N)=O)CC3)ccc21. The summed E-state index contributed by atoms with van der Waals surface area (Å²) in [6, 6.07) is 4.91. The van der Waals surface area contributed by atoms with E-state index in [0.29, 0.717) is 38.9 Å². The number of rotatable bonds is 3. The minimum atomic E-state index is -3.59. The Morgan fingerprint density at radius 1 is 1.17 bits per heavy atom. The third kappa shape index (κ3) is 2.91. The number of benzene rings is 1. The van der Waals surface area contributed by atoms with Crippen molar-refractivity contribution in [2.45, 2.75) is 31.1 Å². The van der Waals surface area contributed by atoms with E-state index in [-0.39, 0.29) is 22.6 Å². The summed E-state index contributed by atoms with van der Waals surface area (Å²) in [6.45, 7) is 2.68. The van der Waals surface area contributed by atoms with Gasteiger partial charge >= 0.3 is 0 Å². The van der Waals surface area contributed by atoms with Gasteiger partial charge < -0.3 is 10.6 Å². The van der Waals surface area contributed by atoms with Crippen LogP contribution in [-0.2, 0) is 26.0 Å². The molecule has 8 heteroatoms. The van der Waals surface area contributed by atoms with E-state index >= 15 is 0 Å². The highest BCUT2D eigenvalue weighted by molar-refractivity contribution is 7.89. The monoisotopic (exact) mass is 351 g/mol. The molecule has 0 spiro atoms. The minimum Gasteiger partial charge on any atom is -0.369 e. The Kier molecular flexibility index (Phi) is 4.35. The van der Waals surface area contributed by atoms with E-state index in [1.54, 1.807) is 23.1 Å². The van der Waals surface area contributed by atoms with Crippen LogP contribution < -0.4 is 10.6 Å². The maximum Gasteiger partial charge on any atom is 0.243 e. The van der Waals surface area contributed by atoms with Gasteiger partial charge in [0.25, 0.3) is 0 Å². The lowest BCUT2D eigenvalue weighted by Crippen LogP contribution is -2.41. The molecular formula is C16H21N3O4S. The van der Waals surface area contributed by atoms with Crippen molar-refractivity contribution in [3.8, 4) is 0 Å². The Labute approximate surface area is 141 Å². The second kappa shape index (κ2) is 6.18. The molecule has 2 N–H and O–H groups in total. The van der Waals surface area contributed by atoms with Gasteiger partial charge in [-0.05, 0) is 43.0 Å². The van der Waals surface area contributed by atoms with Crippen molar-refractivity contribution in [3.05, 3.63) is 23.8 Å². The third-order valence-electron chi connectivity index (χ3n) is 4.82. The minimum absolute atomic E-state index is 0.0436.